The Balaban J connectivity index is 1.57. The zero-order valence-corrected chi connectivity index (χ0v) is 16.6. The number of benzene rings is 1. The van der Waals surface area contributed by atoms with Gasteiger partial charge >= 0.3 is 0 Å². The monoisotopic (exact) mass is 378 g/mol. The van der Waals surface area contributed by atoms with Gasteiger partial charge in [-0.15, -0.1) is 0 Å². The Morgan fingerprint density at radius 1 is 1.29 bits per heavy atom. The van der Waals surface area contributed by atoms with Crippen molar-refractivity contribution in [3.8, 4) is 5.69 Å². The summed E-state index contributed by atoms with van der Waals surface area (Å²) < 4.78 is 3.71. The topological polar surface area (TPSA) is 77.6 Å². The average Bonchev–Trinajstić information content (AvgIpc) is 3.29. The van der Waals surface area contributed by atoms with Crippen LogP contribution in [0.2, 0.25) is 0 Å². The maximum absolute atomic E-state index is 12.6. The van der Waals surface area contributed by atoms with Gasteiger partial charge in [-0.25, -0.2) is 9.67 Å². The van der Waals surface area contributed by atoms with Crippen LogP contribution in [0.5, 0.6) is 0 Å². The second kappa shape index (κ2) is 7.22. The molecular weight excluding hydrogens is 352 g/mol. The summed E-state index contributed by atoms with van der Waals surface area (Å²) in [6.45, 7) is 7.12. The number of aryl methyl sites for hydroxylation is 2. The molecule has 0 bridgehead atoms. The molecule has 0 saturated carbocycles. The third-order valence-electron chi connectivity index (χ3n) is 5.39. The van der Waals surface area contributed by atoms with Crippen LogP contribution in [-0.4, -0.2) is 30.5 Å². The van der Waals surface area contributed by atoms with E-state index < -0.39 is 0 Å². The van der Waals surface area contributed by atoms with Crippen molar-refractivity contribution >= 4 is 5.91 Å². The van der Waals surface area contributed by atoms with Crippen LogP contribution in [-0.2, 0) is 17.8 Å². The Morgan fingerprint density at radius 3 is 2.86 bits per heavy atom. The van der Waals surface area contributed by atoms with Gasteiger partial charge in [-0.05, 0) is 36.8 Å². The van der Waals surface area contributed by atoms with Gasteiger partial charge in [-0.2, -0.15) is 10.2 Å². The first kappa shape index (κ1) is 18.4. The molecule has 1 aromatic carbocycles. The highest BCUT2D eigenvalue weighted by molar-refractivity contribution is 5.76. The zero-order chi connectivity index (χ0) is 19.7. The van der Waals surface area contributed by atoms with Gasteiger partial charge in [0.2, 0.25) is 5.91 Å². The number of hydrogen-bond donors (Lipinski definition) is 1. The van der Waals surface area contributed by atoms with Gasteiger partial charge in [-0.3, -0.25) is 9.48 Å². The normalized spacial score (nSPS) is 17.9. The van der Waals surface area contributed by atoms with E-state index in [1.807, 2.05) is 23.0 Å². The van der Waals surface area contributed by atoms with Gasteiger partial charge < -0.3 is 5.32 Å². The highest BCUT2D eigenvalue weighted by Crippen LogP contribution is 2.41. The number of aromatic nitrogens is 5. The van der Waals surface area contributed by atoms with Crippen LogP contribution >= 0.6 is 0 Å². The predicted octanol–water partition coefficient (Wildman–Crippen LogP) is 2.99. The minimum Gasteiger partial charge on any atom is -0.349 e. The second-order valence-corrected chi connectivity index (χ2v) is 8.32. The van der Waals surface area contributed by atoms with Crippen molar-refractivity contribution in [2.24, 2.45) is 5.41 Å². The van der Waals surface area contributed by atoms with E-state index in [1.54, 1.807) is 11.0 Å². The van der Waals surface area contributed by atoms with Crippen LogP contribution in [0.25, 0.3) is 5.69 Å². The lowest BCUT2D eigenvalue weighted by Crippen LogP contribution is -2.37. The zero-order valence-electron chi connectivity index (χ0n) is 16.6. The number of carbonyl (C=O) groups excluding carboxylic acids is 1. The fourth-order valence-electron chi connectivity index (χ4n) is 4.01. The summed E-state index contributed by atoms with van der Waals surface area (Å²) in [5, 5.41) is 12.0. The van der Waals surface area contributed by atoms with Gasteiger partial charge in [0.1, 0.15) is 12.7 Å². The van der Waals surface area contributed by atoms with Crippen molar-refractivity contribution in [1.29, 1.82) is 0 Å². The molecule has 0 saturated heterocycles. The third-order valence-corrected chi connectivity index (χ3v) is 5.39. The lowest BCUT2D eigenvalue weighted by molar-refractivity contribution is -0.122. The molecule has 1 aliphatic rings. The molecule has 7 heteroatoms. The van der Waals surface area contributed by atoms with Crippen LogP contribution in [0.4, 0.5) is 0 Å². The molecule has 28 heavy (non-hydrogen) atoms. The summed E-state index contributed by atoms with van der Waals surface area (Å²) >= 11 is 0. The Morgan fingerprint density at radius 2 is 2.11 bits per heavy atom. The van der Waals surface area contributed by atoms with Gasteiger partial charge in [0.05, 0.1) is 30.2 Å². The fraction of sp³-hybridized carbons (Fsp3) is 0.429. The van der Waals surface area contributed by atoms with Crippen molar-refractivity contribution < 1.29 is 4.79 Å². The number of hydrogen-bond acceptors (Lipinski definition) is 4. The average molecular weight is 378 g/mol. The van der Waals surface area contributed by atoms with E-state index in [-0.39, 0.29) is 17.4 Å². The molecule has 0 fully saturated rings. The van der Waals surface area contributed by atoms with Gasteiger partial charge in [-0.1, -0.05) is 32.0 Å². The fourth-order valence-corrected chi connectivity index (χ4v) is 4.01. The van der Waals surface area contributed by atoms with Gasteiger partial charge in [0.25, 0.3) is 0 Å². The molecule has 1 atom stereocenters. The molecule has 0 radical (unpaired) electrons. The van der Waals surface area contributed by atoms with E-state index in [1.165, 1.54) is 17.6 Å². The maximum atomic E-state index is 12.6. The lowest BCUT2D eigenvalue weighted by atomic mass is 9.74. The number of rotatable bonds is 5. The minimum atomic E-state index is -0.0280. The maximum Gasteiger partial charge on any atom is 0.222 e. The van der Waals surface area contributed by atoms with E-state index in [0.717, 1.165) is 24.1 Å². The number of nitrogens with zero attached hydrogens (tertiary/aromatic N) is 5. The van der Waals surface area contributed by atoms with Crippen LogP contribution in [0, 0.1) is 12.3 Å². The first-order valence-corrected chi connectivity index (χ1v) is 9.67. The molecule has 1 amide bonds. The lowest BCUT2D eigenvalue weighted by Gasteiger charge is -2.36. The summed E-state index contributed by atoms with van der Waals surface area (Å²) in [7, 11) is 0. The van der Waals surface area contributed by atoms with Gasteiger partial charge in [0, 0.05) is 12.0 Å². The van der Waals surface area contributed by atoms with Crippen molar-refractivity contribution in [2.75, 3.05) is 0 Å². The van der Waals surface area contributed by atoms with Crippen molar-refractivity contribution in [2.45, 2.75) is 52.6 Å². The van der Waals surface area contributed by atoms with Crippen LogP contribution in [0.1, 0.15) is 49.6 Å². The summed E-state index contributed by atoms with van der Waals surface area (Å²) in [4.78, 5) is 16.5. The first-order valence-electron chi connectivity index (χ1n) is 9.67. The highest BCUT2D eigenvalue weighted by atomic mass is 16.1. The molecule has 0 unspecified atom stereocenters. The second-order valence-electron chi connectivity index (χ2n) is 8.32. The van der Waals surface area contributed by atoms with Gasteiger partial charge in [0.15, 0.2) is 0 Å². The Bertz CT molecular complexity index is 973. The summed E-state index contributed by atoms with van der Waals surface area (Å²) in [5.41, 5.74) is 4.67. The smallest absolute Gasteiger partial charge is 0.222 e. The van der Waals surface area contributed by atoms with E-state index >= 15 is 0 Å². The molecule has 1 aliphatic carbocycles. The number of fused-ring (bicyclic) bond motifs is 1. The molecule has 3 aromatic rings. The standard InChI is InChI=1S/C21H26N6O/c1-15-6-4-5-7-18(15)27-19-11-21(2,3)10-17(16(19)12-23-27)25-20(28)8-9-26-14-22-13-24-26/h4-7,12-14,17H,8-11H2,1-3H3,(H,25,28)/t17-/m1/s1. The number of carbonyl (C=O) groups is 1. The Labute approximate surface area is 164 Å². The molecule has 2 aromatic heterocycles. The summed E-state index contributed by atoms with van der Waals surface area (Å²) in [6.07, 6.45) is 7.23. The Hall–Kier alpha value is -2.96. The molecule has 0 spiro atoms. The quantitative estimate of drug-likeness (QED) is 0.740. The van der Waals surface area contributed by atoms with Crippen LogP contribution in [0.15, 0.2) is 43.1 Å². The molecular formula is C21H26N6O. The van der Waals surface area contributed by atoms with Crippen molar-refractivity contribution in [3.63, 3.8) is 0 Å². The molecule has 4 rings (SSSR count). The molecule has 0 aliphatic heterocycles. The van der Waals surface area contributed by atoms with Crippen molar-refractivity contribution in [3.05, 3.63) is 59.9 Å². The van der Waals surface area contributed by atoms with E-state index in [9.17, 15) is 4.79 Å². The molecule has 7 nitrogen and oxygen atoms in total. The number of para-hydroxylation sites is 1. The highest BCUT2D eigenvalue weighted by Gasteiger charge is 2.36. The molecule has 2 heterocycles. The SMILES string of the molecule is Cc1ccccc1-n1ncc2c1CC(C)(C)C[C@H]2NC(=O)CCn1cncn1. The van der Waals surface area contributed by atoms with E-state index in [2.05, 4.69) is 53.4 Å². The van der Waals surface area contributed by atoms with E-state index in [0.29, 0.717) is 13.0 Å². The number of nitrogens with one attached hydrogen (secondary N) is 1. The minimum absolute atomic E-state index is 0.0211. The Kier molecular flexibility index (Phi) is 4.75. The van der Waals surface area contributed by atoms with Crippen LogP contribution < -0.4 is 5.32 Å². The first-order chi connectivity index (χ1) is 13.4. The number of amides is 1. The summed E-state index contributed by atoms with van der Waals surface area (Å²) in [5.74, 6) is 0.0211. The largest absolute Gasteiger partial charge is 0.349 e. The predicted molar refractivity (Wildman–Crippen MR) is 106 cm³/mol. The van der Waals surface area contributed by atoms with Crippen LogP contribution in [0.3, 0.4) is 0 Å². The summed E-state index contributed by atoms with van der Waals surface area (Å²) in [6, 6.07) is 8.24. The van der Waals surface area contributed by atoms with Crippen molar-refractivity contribution in [1.82, 2.24) is 29.9 Å². The molecule has 1 N–H and O–H groups in total. The molecule has 146 valence electrons. The third kappa shape index (κ3) is 3.69. The van der Waals surface area contributed by atoms with E-state index in [4.69, 9.17) is 0 Å².